The zero-order valence-electron chi connectivity index (χ0n) is 39.3. The van der Waals surface area contributed by atoms with Crippen molar-refractivity contribution in [3.8, 4) is 34.5 Å². The van der Waals surface area contributed by atoms with Gasteiger partial charge in [-0.15, -0.1) is 0 Å². The normalized spacial score (nSPS) is 12.3. The molecule has 0 aliphatic rings. The van der Waals surface area contributed by atoms with E-state index in [1.165, 1.54) is 19.3 Å². The molecule has 4 aromatic carbocycles. The number of fused-ring (bicyclic) bond motifs is 6. The summed E-state index contributed by atoms with van der Waals surface area (Å²) in [6, 6.07) is 13.1. The van der Waals surface area contributed by atoms with Gasteiger partial charge in [-0.05, 0) is 127 Å². The molecule has 0 aromatic heterocycles. The monoisotopic (exact) mass is 881 g/mol. The van der Waals surface area contributed by atoms with Gasteiger partial charge in [0.15, 0.2) is 34.5 Å². The average Bonchev–Trinajstić information content (AvgIpc) is 3.25. The standard InChI is InChI=1S/C52H81O9P/c1-7-13-28-56-47-34-41-42-35-48(57-29-14-8-2)50(59-31-16-10-4)37-44(42)46-39-52(51(60-32-17-11-5)38-45(46)43(41)36-49(47)58-30-15-9-3)61-40(12-6)27-25-23-21-19-18-20-22-24-26-33-62(53,54)55/h34-40H,7-33H2,1-6H3,(H2,53,54,55). The van der Waals surface area contributed by atoms with Crippen LogP contribution in [0.25, 0.3) is 32.3 Å². The Balaban J connectivity index is 1.75. The number of rotatable bonds is 35. The van der Waals surface area contributed by atoms with Crippen molar-refractivity contribution in [1.82, 2.24) is 0 Å². The molecule has 0 aliphatic heterocycles. The highest BCUT2D eigenvalue weighted by Gasteiger charge is 2.22. The van der Waals surface area contributed by atoms with Crippen LogP contribution in [0.15, 0.2) is 36.4 Å². The summed E-state index contributed by atoms with van der Waals surface area (Å²) in [6.45, 7) is 16.2. The van der Waals surface area contributed by atoms with Gasteiger partial charge in [0.05, 0.1) is 39.1 Å². The van der Waals surface area contributed by atoms with Crippen LogP contribution in [0.2, 0.25) is 0 Å². The maximum absolute atomic E-state index is 11.1. The minimum Gasteiger partial charge on any atom is -0.490 e. The zero-order chi connectivity index (χ0) is 44.6. The molecule has 0 bridgehead atoms. The highest BCUT2D eigenvalue weighted by Crippen LogP contribution is 2.47. The molecule has 10 heteroatoms. The van der Waals surface area contributed by atoms with Crippen molar-refractivity contribution < 1.29 is 42.8 Å². The minimum atomic E-state index is -3.87. The van der Waals surface area contributed by atoms with E-state index in [1.54, 1.807) is 0 Å². The van der Waals surface area contributed by atoms with E-state index in [0.29, 0.717) is 39.5 Å². The van der Waals surface area contributed by atoms with Gasteiger partial charge >= 0.3 is 7.60 Å². The summed E-state index contributed by atoms with van der Waals surface area (Å²) >= 11 is 0. The molecule has 0 saturated carbocycles. The second-order valence-electron chi connectivity index (χ2n) is 17.1. The van der Waals surface area contributed by atoms with Crippen LogP contribution in [0.1, 0.15) is 176 Å². The molecule has 348 valence electrons. The molecular formula is C52H81O9P. The lowest BCUT2D eigenvalue weighted by molar-refractivity contribution is 0.171. The molecule has 1 atom stereocenters. The third-order valence-electron chi connectivity index (χ3n) is 11.6. The Morgan fingerprint density at radius 3 is 0.968 bits per heavy atom. The molecule has 62 heavy (non-hydrogen) atoms. The Morgan fingerprint density at radius 1 is 0.403 bits per heavy atom. The summed E-state index contributed by atoms with van der Waals surface area (Å²) in [6.07, 6.45) is 21.4. The summed E-state index contributed by atoms with van der Waals surface area (Å²) in [7, 11) is -3.87. The van der Waals surface area contributed by atoms with Gasteiger partial charge in [-0.2, -0.15) is 0 Å². The Bertz CT molecular complexity index is 1890. The van der Waals surface area contributed by atoms with Crippen molar-refractivity contribution in [2.45, 2.75) is 182 Å². The maximum Gasteiger partial charge on any atom is 0.325 e. The third kappa shape index (κ3) is 16.6. The fraction of sp³-hybridized carbons (Fsp3) is 0.654. The highest BCUT2D eigenvalue weighted by molar-refractivity contribution is 7.51. The van der Waals surface area contributed by atoms with Crippen LogP contribution in [0.3, 0.4) is 0 Å². The van der Waals surface area contributed by atoms with Crippen LogP contribution in [0.4, 0.5) is 0 Å². The first-order valence-electron chi connectivity index (χ1n) is 24.6. The van der Waals surface area contributed by atoms with Crippen LogP contribution in [-0.2, 0) is 4.57 Å². The van der Waals surface area contributed by atoms with Gasteiger partial charge in [-0.25, -0.2) is 0 Å². The van der Waals surface area contributed by atoms with Crippen molar-refractivity contribution in [2.24, 2.45) is 0 Å². The van der Waals surface area contributed by atoms with Gasteiger partial charge in [0.2, 0.25) is 0 Å². The number of ether oxygens (including phenoxy) is 6. The first kappa shape index (κ1) is 51.2. The molecule has 0 fully saturated rings. The quantitative estimate of drug-likeness (QED) is 0.0265. The lowest BCUT2D eigenvalue weighted by Gasteiger charge is -2.23. The predicted molar refractivity (Wildman–Crippen MR) is 259 cm³/mol. The summed E-state index contributed by atoms with van der Waals surface area (Å²) in [4.78, 5) is 18.2. The Labute approximate surface area is 374 Å². The molecule has 1 unspecified atom stereocenters. The van der Waals surface area contributed by atoms with Crippen molar-refractivity contribution in [3.63, 3.8) is 0 Å². The molecule has 0 aliphatic carbocycles. The second kappa shape index (κ2) is 28.4. The largest absolute Gasteiger partial charge is 0.490 e. The van der Waals surface area contributed by atoms with E-state index in [9.17, 15) is 4.57 Å². The first-order valence-corrected chi connectivity index (χ1v) is 26.4. The molecule has 0 amide bonds. The van der Waals surface area contributed by atoms with Gasteiger partial charge < -0.3 is 38.2 Å². The van der Waals surface area contributed by atoms with E-state index in [2.05, 4.69) is 77.9 Å². The molecule has 0 radical (unpaired) electrons. The van der Waals surface area contributed by atoms with E-state index in [1.807, 2.05) is 0 Å². The van der Waals surface area contributed by atoms with E-state index < -0.39 is 7.60 Å². The number of hydrogen-bond acceptors (Lipinski definition) is 7. The molecule has 4 rings (SSSR count). The van der Waals surface area contributed by atoms with E-state index >= 15 is 0 Å². The van der Waals surface area contributed by atoms with E-state index in [4.69, 9.17) is 38.2 Å². The zero-order valence-corrected chi connectivity index (χ0v) is 40.2. The second-order valence-corrected chi connectivity index (χ2v) is 18.8. The van der Waals surface area contributed by atoms with Crippen molar-refractivity contribution >= 4 is 39.9 Å². The van der Waals surface area contributed by atoms with Crippen molar-refractivity contribution in [3.05, 3.63) is 36.4 Å². The number of benzene rings is 4. The Morgan fingerprint density at radius 2 is 0.677 bits per heavy atom. The minimum absolute atomic E-state index is 0.00250. The van der Waals surface area contributed by atoms with Gasteiger partial charge in [-0.3, -0.25) is 4.57 Å². The van der Waals surface area contributed by atoms with Crippen molar-refractivity contribution in [2.75, 3.05) is 39.2 Å². The molecule has 2 N–H and O–H groups in total. The van der Waals surface area contributed by atoms with Crippen LogP contribution in [0.5, 0.6) is 34.5 Å². The molecule has 4 aromatic rings. The summed E-state index contributed by atoms with van der Waals surface area (Å²) in [5.74, 6) is 4.59. The third-order valence-corrected chi connectivity index (χ3v) is 12.5. The van der Waals surface area contributed by atoms with Gasteiger partial charge in [0.1, 0.15) is 0 Å². The number of hydrogen-bond donors (Lipinski definition) is 2. The van der Waals surface area contributed by atoms with E-state index in [-0.39, 0.29) is 12.3 Å². The summed E-state index contributed by atoms with van der Waals surface area (Å²) in [5.41, 5.74) is 0. The van der Waals surface area contributed by atoms with Gasteiger partial charge in [-0.1, -0.05) is 119 Å². The van der Waals surface area contributed by atoms with Crippen molar-refractivity contribution in [1.29, 1.82) is 0 Å². The lowest BCUT2D eigenvalue weighted by atomic mass is 9.93. The lowest BCUT2D eigenvalue weighted by Crippen LogP contribution is -2.16. The summed E-state index contributed by atoms with van der Waals surface area (Å²) < 4.78 is 50.6. The van der Waals surface area contributed by atoms with Crippen LogP contribution < -0.4 is 28.4 Å². The fourth-order valence-corrected chi connectivity index (χ4v) is 8.39. The smallest absolute Gasteiger partial charge is 0.325 e. The molecule has 0 heterocycles. The van der Waals surface area contributed by atoms with Gasteiger partial charge in [0, 0.05) is 6.16 Å². The molecule has 9 nitrogen and oxygen atoms in total. The first-order chi connectivity index (χ1) is 30.2. The molecular weight excluding hydrogens is 800 g/mol. The fourth-order valence-electron chi connectivity index (χ4n) is 7.76. The van der Waals surface area contributed by atoms with Gasteiger partial charge in [0.25, 0.3) is 0 Å². The van der Waals surface area contributed by atoms with Crippen LogP contribution in [0, 0.1) is 0 Å². The highest BCUT2D eigenvalue weighted by atomic mass is 31.2. The van der Waals surface area contributed by atoms with Crippen LogP contribution in [-0.4, -0.2) is 55.1 Å². The maximum atomic E-state index is 11.1. The Kier molecular flexibility index (Phi) is 23.5. The topological polar surface area (TPSA) is 113 Å². The summed E-state index contributed by atoms with van der Waals surface area (Å²) in [5, 5.41) is 6.42. The molecule has 0 saturated heterocycles. The predicted octanol–water partition coefficient (Wildman–Crippen LogP) is 15.3. The molecule has 0 spiro atoms. The average molecular weight is 881 g/mol. The SMILES string of the molecule is CCCCOc1cc2c3cc(OCCCC)c(OCCCC)cc3c3cc(OC(CC)CCCCCCCCCCCP(=O)(O)O)c(OCCCC)cc3c2cc1OCCCC. The van der Waals surface area contributed by atoms with Crippen LogP contribution >= 0.6 is 7.60 Å². The number of unbranched alkanes of at least 4 members (excludes halogenated alkanes) is 13. The van der Waals surface area contributed by atoms with E-state index in [0.717, 1.165) is 176 Å². The Hall–Kier alpha value is -3.39.